The number of hydrogen-bond donors (Lipinski definition) is 1. The van der Waals surface area contributed by atoms with Gasteiger partial charge >= 0.3 is 42.1 Å². The van der Waals surface area contributed by atoms with Gasteiger partial charge in [0.15, 0.2) is 0 Å². The summed E-state index contributed by atoms with van der Waals surface area (Å²) < 4.78 is 3.50. The molecule has 0 saturated heterocycles. The third-order valence-corrected chi connectivity index (χ3v) is 0.164. The van der Waals surface area contributed by atoms with Gasteiger partial charge in [0.2, 0.25) is 0 Å². The molecule has 0 radical (unpaired) electrons. The largest absolute Gasteiger partial charge is 1.00 e. The number of ether oxygens (including phenoxy) is 1. The molecule has 5 heteroatoms. The van der Waals surface area contributed by atoms with Crippen molar-refractivity contribution in [3.63, 3.8) is 0 Å². The van der Waals surface area contributed by atoms with Crippen molar-refractivity contribution < 1.29 is 45.3 Å². The molecule has 0 aromatic heterocycles. The van der Waals surface area contributed by atoms with Gasteiger partial charge < -0.3 is 11.9 Å². The summed E-state index contributed by atoms with van der Waals surface area (Å²) in [7, 11) is 0. The van der Waals surface area contributed by atoms with E-state index in [2.05, 4.69) is 10.5 Å². The third kappa shape index (κ3) is 10.7. The molecule has 0 aliphatic carbocycles. The number of nitrogens with two attached hydrogens (primary N) is 1. The van der Waals surface area contributed by atoms with Crippen molar-refractivity contribution in [2.45, 2.75) is 0 Å². The summed E-state index contributed by atoms with van der Waals surface area (Å²) in [6.07, 6.45) is -1.08. The van der Waals surface area contributed by atoms with Crippen molar-refractivity contribution in [3.8, 4) is 0 Å². The smallest absolute Gasteiger partial charge is 1.00 e. The molecule has 0 aromatic rings. The number of carbonyl (C=O) groups is 2. The molecule has 0 bridgehead atoms. The molecule has 36 valence electrons. The molecule has 4 nitrogen and oxygen atoms in total. The number of amides is 1. The molecule has 0 aliphatic heterocycles. The van der Waals surface area contributed by atoms with Crippen molar-refractivity contribution in [1.82, 2.24) is 0 Å². The van der Waals surface area contributed by atoms with Gasteiger partial charge in [-0.05, 0) is 0 Å². The maximum atomic E-state index is 9.37. The van der Waals surface area contributed by atoms with Crippen LogP contribution in [0.25, 0.3) is 0 Å². The Morgan fingerprint density at radius 1 is 1.86 bits per heavy atom. The maximum absolute atomic E-state index is 9.37. The quantitative estimate of drug-likeness (QED) is 0.216. The predicted molar refractivity (Wildman–Crippen MR) is 17.8 cm³/mol. The topological polar surface area (TPSA) is 69.4 Å². The Kier molecular flexibility index (Phi) is 8.51. The molecular weight excluding hydrogens is 109 g/mol. The van der Waals surface area contributed by atoms with Gasteiger partial charge in [0, 0.05) is 0 Å². The fourth-order valence-corrected chi connectivity index (χ4v) is 0.0474. The zero-order valence-corrected chi connectivity index (χ0v) is 5.88. The first-order chi connectivity index (χ1) is 2.77. The fraction of sp³-hybridized carbons (Fsp3) is 0. The first-order valence-corrected chi connectivity index (χ1v) is 1.17. The second kappa shape index (κ2) is 5.94. The van der Waals surface area contributed by atoms with E-state index >= 15 is 0 Å². The molecule has 0 atom stereocenters. The first kappa shape index (κ1) is 10.0. The van der Waals surface area contributed by atoms with E-state index in [-0.39, 0.29) is 37.5 Å². The standard InChI is InChI=1S/C2H3NO3.Na.H/c3-2(5)6-1-4;;/h1H,(H2,3,5);;/q;+1;-1. The van der Waals surface area contributed by atoms with Gasteiger partial charge in [-0.3, -0.25) is 4.79 Å². The summed E-state index contributed by atoms with van der Waals surface area (Å²) in [5.41, 5.74) is 4.31. The van der Waals surface area contributed by atoms with Crippen molar-refractivity contribution in [1.29, 1.82) is 0 Å². The summed E-state index contributed by atoms with van der Waals surface area (Å²) in [5, 5.41) is 0. The van der Waals surface area contributed by atoms with E-state index in [4.69, 9.17) is 4.79 Å². The zero-order chi connectivity index (χ0) is 4.99. The number of hydrogen-bond acceptors (Lipinski definition) is 3. The summed E-state index contributed by atoms with van der Waals surface area (Å²) in [5.74, 6) is 0. The second-order valence-corrected chi connectivity index (χ2v) is 0.533. The molecule has 0 aromatic carbocycles. The van der Waals surface area contributed by atoms with Gasteiger partial charge in [-0.1, -0.05) is 0 Å². The van der Waals surface area contributed by atoms with Crippen LogP contribution in [-0.4, -0.2) is 12.6 Å². The Hall–Kier alpha value is -0.0600. The van der Waals surface area contributed by atoms with E-state index in [0.29, 0.717) is 0 Å². The Morgan fingerprint density at radius 2 is 2.29 bits per heavy atom. The van der Waals surface area contributed by atoms with Crippen LogP contribution in [0, 0.1) is 0 Å². The van der Waals surface area contributed by atoms with Gasteiger partial charge in [-0.2, -0.15) is 0 Å². The molecule has 0 unspecified atom stereocenters. The molecule has 2 N–H and O–H groups in total. The van der Waals surface area contributed by atoms with Gasteiger partial charge in [-0.15, -0.1) is 0 Å². The molecule has 0 saturated carbocycles. The van der Waals surface area contributed by atoms with Gasteiger partial charge in [-0.25, -0.2) is 4.79 Å². The van der Waals surface area contributed by atoms with Crippen LogP contribution in [0.4, 0.5) is 4.79 Å². The van der Waals surface area contributed by atoms with Crippen LogP contribution in [-0.2, 0) is 9.53 Å². The number of carbonyl (C=O) groups excluding carboxylic acids is 2. The van der Waals surface area contributed by atoms with Gasteiger partial charge in [0.05, 0.1) is 0 Å². The first-order valence-electron chi connectivity index (χ1n) is 1.17. The van der Waals surface area contributed by atoms with E-state index in [1.807, 2.05) is 0 Å². The molecule has 7 heavy (non-hydrogen) atoms. The van der Waals surface area contributed by atoms with Gasteiger partial charge in [0.1, 0.15) is 0 Å². The van der Waals surface area contributed by atoms with Crippen LogP contribution in [0.2, 0.25) is 0 Å². The third-order valence-electron chi connectivity index (χ3n) is 0.164. The minimum Gasteiger partial charge on any atom is -1.00 e. The summed E-state index contributed by atoms with van der Waals surface area (Å²) in [6.45, 7) is -0.0255. The van der Waals surface area contributed by atoms with Crippen LogP contribution in [0.15, 0.2) is 0 Å². The summed E-state index contributed by atoms with van der Waals surface area (Å²) >= 11 is 0. The average molecular weight is 113 g/mol. The maximum Gasteiger partial charge on any atom is 1.00 e. The monoisotopic (exact) mass is 113 g/mol. The fourth-order valence-electron chi connectivity index (χ4n) is 0.0474. The van der Waals surface area contributed by atoms with E-state index in [1.54, 1.807) is 0 Å². The van der Waals surface area contributed by atoms with Crippen LogP contribution >= 0.6 is 0 Å². The summed E-state index contributed by atoms with van der Waals surface area (Å²) in [4.78, 5) is 18.5. The Labute approximate surface area is 63.8 Å². The Morgan fingerprint density at radius 3 is 2.29 bits per heavy atom. The van der Waals surface area contributed by atoms with Crippen molar-refractivity contribution in [2.75, 3.05) is 0 Å². The van der Waals surface area contributed by atoms with Crippen LogP contribution in [0.3, 0.4) is 0 Å². The predicted octanol–water partition coefficient (Wildman–Crippen LogP) is -3.65. The second-order valence-electron chi connectivity index (χ2n) is 0.533. The Balaban J connectivity index is -0.000000125. The number of primary amides is 1. The zero-order valence-electron chi connectivity index (χ0n) is 4.88. The van der Waals surface area contributed by atoms with E-state index in [1.165, 1.54) is 0 Å². The van der Waals surface area contributed by atoms with E-state index in [9.17, 15) is 4.79 Å². The number of rotatable bonds is 1. The molecule has 0 rings (SSSR count). The summed E-state index contributed by atoms with van der Waals surface area (Å²) in [6, 6.07) is 0. The molecule has 0 aliphatic rings. The van der Waals surface area contributed by atoms with Crippen molar-refractivity contribution >= 4 is 12.6 Å². The molecular formula is C2H4NNaO3. The van der Waals surface area contributed by atoms with E-state index < -0.39 is 6.09 Å². The molecule has 0 spiro atoms. The molecule has 0 fully saturated rings. The van der Waals surface area contributed by atoms with Crippen molar-refractivity contribution in [3.05, 3.63) is 0 Å². The normalized spacial score (nSPS) is 5.71. The average Bonchev–Trinajstić information content (AvgIpc) is 1.35. The molecule has 0 heterocycles. The van der Waals surface area contributed by atoms with Crippen LogP contribution in [0.5, 0.6) is 0 Å². The van der Waals surface area contributed by atoms with Crippen molar-refractivity contribution in [2.24, 2.45) is 5.73 Å². The SMILES string of the molecule is NC(=O)OC=O.[H-].[Na+]. The molecule has 1 amide bonds. The minimum absolute atomic E-state index is 0. The van der Waals surface area contributed by atoms with E-state index in [0.717, 1.165) is 0 Å². The van der Waals surface area contributed by atoms with Gasteiger partial charge in [0.25, 0.3) is 0 Å². The van der Waals surface area contributed by atoms with Crippen LogP contribution < -0.4 is 35.3 Å². The van der Waals surface area contributed by atoms with Crippen LogP contribution in [0.1, 0.15) is 1.43 Å². The minimum atomic E-state index is -1.08. The Bertz CT molecular complexity index is 77.7.